The van der Waals surface area contributed by atoms with Crippen molar-refractivity contribution in [3.8, 4) is 0 Å². The zero-order valence-corrected chi connectivity index (χ0v) is 17.2. The van der Waals surface area contributed by atoms with Crippen LogP contribution in [0, 0.1) is 5.41 Å². The maximum atomic E-state index is 11.6. The van der Waals surface area contributed by atoms with Crippen LogP contribution < -0.4 is 10.6 Å². The summed E-state index contributed by atoms with van der Waals surface area (Å²) in [4.78, 5) is 23.1. The van der Waals surface area contributed by atoms with Gasteiger partial charge in [-0.25, -0.2) is 4.98 Å². The summed E-state index contributed by atoms with van der Waals surface area (Å²) in [6.45, 7) is 6.43. The average molecular weight is 463 g/mol. The van der Waals surface area contributed by atoms with Gasteiger partial charge in [-0.05, 0) is 19.8 Å². The zero-order chi connectivity index (χ0) is 16.1. The van der Waals surface area contributed by atoms with E-state index in [4.69, 9.17) is 4.99 Å². The number of thiazole rings is 1. The van der Waals surface area contributed by atoms with Gasteiger partial charge >= 0.3 is 0 Å². The minimum Gasteiger partial charge on any atom is -0.357 e. The van der Waals surface area contributed by atoms with Crippen LogP contribution >= 0.6 is 35.3 Å². The molecule has 1 atom stereocenters. The Morgan fingerprint density at radius 1 is 1.58 bits per heavy atom. The summed E-state index contributed by atoms with van der Waals surface area (Å²) in [5.41, 5.74) is 0.0980. The summed E-state index contributed by atoms with van der Waals surface area (Å²) in [5.74, 6) is 1.17. The standard InChI is InChI=1S/C16H25N5OS.HI/c1-2-17-15(19-6-4-14-18-7-9-23-14)21-8-3-5-16(12-21)10-13(22)20-11-16;/h7,9H,2-6,8,10-12H2,1H3,(H,17,19)(H,20,22);1H. The molecule has 2 aliphatic heterocycles. The molecule has 2 aliphatic rings. The fraction of sp³-hybridized carbons (Fsp3) is 0.688. The van der Waals surface area contributed by atoms with Crippen LogP contribution in [0.4, 0.5) is 0 Å². The molecule has 1 aromatic heterocycles. The number of likely N-dealkylation sites (tertiary alicyclic amines) is 1. The molecule has 2 fully saturated rings. The first-order valence-corrected chi connectivity index (χ1v) is 9.27. The number of carbonyl (C=O) groups is 1. The molecule has 0 saturated carbocycles. The molecule has 1 unspecified atom stereocenters. The second kappa shape index (κ2) is 8.98. The molecule has 0 radical (unpaired) electrons. The largest absolute Gasteiger partial charge is 0.357 e. The molecule has 3 rings (SSSR count). The van der Waals surface area contributed by atoms with Crippen LogP contribution in [0.1, 0.15) is 31.2 Å². The van der Waals surface area contributed by atoms with Gasteiger partial charge in [-0.1, -0.05) is 0 Å². The predicted octanol–water partition coefficient (Wildman–Crippen LogP) is 1.87. The number of hydrogen-bond donors (Lipinski definition) is 2. The van der Waals surface area contributed by atoms with Crippen molar-refractivity contribution in [2.45, 2.75) is 32.6 Å². The van der Waals surface area contributed by atoms with Crippen molar-refractivity contribution in [3.05, 3.63) is 16.6 Å². The number of halogens is 1. The van der Waals surface area contributed by atoms with Crippen LogP contribution in [-0.4, -0.2) is 54.5 Å². The Bertz CT molecular complexity index is 565. The van der Waals surface area contributed by atoms with Crippen molar-refractivity contribution in [1.82, 2.24) is 20.5 Å². The third kappa shape index (κ3) is 4.81. The van der Waals surface area contributed by atoms with Gasteiger partial charge in [-0.3, -0.25) is 9.79 Å². The van der Waals surface area contributed by atoms with Gasteiger partial charge in [0.05, 0.1) is 5.01 Å². The zero-order valence-electron chi connectivity index (χ0n) is 14.1. The van der Waals surface area contributed by atoms with E-state index in [1.54, 1.807) is 11.3 Å². The Hall–Kier alpha value is -0.900. The first-order valence-electron chi connectivity index (χ1n) is 8.39. The van der Waals surface area contributed by atoms with Crippen molar-refractivity contribution in [3.63, 3.8) is 0 Å². The van der Waals surface area contributed by atoms with Gasteiger partial charge in [0.2, 0.25) is 5.91 Å². The molecule has 134 valence electrons. The molecular formula is C16H26IN5OS. The monoisotopic (exact) mass is 463 g/mol. The Kier molecular flexibility index (Phi) is 7.27. The second-order valence-electron chi connectivity index (χ2n) is 6.39. The lowest BCUT2D eigenvalue weighted by Crippen LogP contribution is -2.51. The lowest BCUT2D eigenvalue weighted by molar-refractivity contribution is -0.119. The van der Waals surface area contributed by atoms with E-state index in [1.165, 1.54) is 0 Å². The number of hydrogen-bond acceptors (Lipinski definition) is 4. The summed E-state index contributed by atoms with van der Waals surface area (Å²) < 4.78 is 0. The quantitative estimate of drug-likeness (QED) is 0.407. The summed E-state index contributed by atoms with van der Waals surface area (Å²) in [6, 6.07) is 0. The molecule has 8 heteroatoms. The number of aliphatic imine (C=N–C) groups is 1. The molecule has 1 aromatic rings. The predicted molar refractivity (Wildman–Crippen MR) is 108 cm³/mol. The minimum atomic E-state index is 0. The van der Waals surface area contributed by atoms with E-state index >= 15 is 0 Å². The van der Waals surface area contributed by atoms with Crippen LogP contribution in [0.2, 0.25) is 0 Å². The highest BCUT2D eigenvalue weighted by Crippen LogP contribution is 2.35. The molecule has 1 amide bonds. The molecule has 3 heterocycles. The Labute approximate surface area is 164 Å². The molecule has 0 bridgehead atoms. The molecule has 0 aromatic carbocycles. The van der Waals surface area contributed by atoms with Gasteiger partial charge in [0.15, 0.2) is 5.96 Å². The Morgan fingerprint density at radius 3 is 3.12 bits per heavy atom. The maximum absolute atomic E-state index is 11.6. The topological polar surface area (TPSA) is 69.6 Å². The molecule has 24 heavy (non-hydrogen) atoms. The third-order valence-corrected chi connectivity index (χ3v) is 5.40. The van der Waals surface area contributed by atoms with Gasteiger partial charge in [-0.2, -0.15) is 0 Å². The van der Waals surface area contributed by atoms with E-state index < -0.39 is 0 Å². The van der Waals surface area contributed by atoms with E-state index in [0.717, 1.165) is 63.0 Å². The van der Waals surface area contributed by atoms with Crippen LogP contribution in [-0.2, 0) is 11.2 Å². The van der Waals surface area contributed by atoms with E-state index in [0.29, 0.717) is 6.42 Å². The lowest BCUT2D eigenvalue weighted by atomic mass is 9.79. The summed E-state index contributed by atoms with van der Waals surface area (Å²) in [5, 5.41) is 9.54. The molecule has 0 aliphatic carbocycles. The first-order chi connectivity index (χ1) is 11.2. The van der Waals surface area contributed by atoms with Crippen molar-refractivity contribution >= 4 is 47.2 Å². The van der Waals surface area contributed by atoms with Gasteiger partial charge in [-0.15, -0.1) is 35.3 Å². The maximum Gasteiger partial charge on any atom is 0.220 e. The van der Waals surface area contributed by atoms with E-state index in [-0.39, 0.29) is 35.3 Å². The van der Waals surface area contributed by atoms with Crippen LogP contribution in [0.25, 0.3) is 0 Å². The Balaban J connectivity index is 0.00000208. The smallest absolute Gasteiger partial charge is 0.220 e. The number of nitrogens with one attached hydrogen (secondary N) is 2. The van der Waals surface area contributed by atoms with Crippen molar-refractivity contribution in [2.75, 3.05) is 32.7 Å². The molecule has 6 nitrogen and oxygen atoms in total. The first kappa shape index (κ1) is 19.4. The highest BCUT2D eigenvalue weighted by Gasteiger charge is 2.42. The number of amides is 1. The number of aromatic nitrogens is 1. The van der Waals surface area contributed by atoms with E-state index in [9.17, 15) is 4.79 Å². The van der Waals surface area contributed by atoms with Crippen molar-refractivity contribution in [1.29, 1.82) is 0 Å². The van der Waals surface area contributed by atoms with Crippen LogP contribution in [0.3, 0.4) is 0 Å². The highest BCUT2D eigenvalue weighted by atomic mass is 127. The number of nitrogens with zero attached hydrogens (tertiary/aromatic N) is 3. The molecular weight excluding hydrogens is 437 g/mol. The summed E-state index contributed by atoms with van der Waals surface area (Å²) in [6.07, 6.45) is 5.62. The molecule has 2 N–H and O–H groups in total. The van der Waals surface area contributed by atoms with E-state index in [1.807, 2.05) is 11.6 Å². The number of piperidine rings is 1. The summed E-state index contributed by atoms with van der Waals surface area (Å²) in [7, 11) is 0. The van der Waals surface area contributed by atoms with Gasteiger partial charge in [0.25, 0.3) is 0 Å². The number of rotatable bonds is 4. The van der Waals surface area contributed by atoms with Gasteiger partial charge in [0, 0.05) is 62.6 Å². The SMILES string of the molecule is CCNC(=NCCc1nccs1)N1CCCC2(CNC(=O)C2)C1.I. The van der Waals surface area contributed by atoms with Gasteiger partial charge in [0.1, 0.15) is 0 Å². The van der Waals surface area contributed by atoms with Crippen LogP contribution in [0.15, 0.2) is 16.6 Å². The number of carbonyl (C=O) groups excluding carboxylic acids is 1. The Morgan fingerprint density at radius 2 is 2.46 bits per heavy atom. The lowest BCUT2D eigenvalue weighted by Gasteiger charge is -2.40. The van der Waals surface area contributed by atoms with Crippen LogP contribution in [0.5, 0.6) is 0 Å². The molecule has 2 saturated heterocycles. The van der Waals surface area contributed by atoms with Crippen molar-refractivity contribution in [2.24, 2.45) is 10.4 Å². The fourth-order valence-electron chi connectivity index (χ4n) is 3.49. The summed E-state index contributed by atoms with van der Waals surface area (Å²) >= 11 is 1.68. The normalized spacial score (nSPS) is 24.0. The minimum absolute atomic E-state index is 0. The van der Waals surface area contributed by atoms with Crippen molar-refractivity contribution < 1.29 is 4.79 Å². The number of guanidine groups is 1. The average Bonchev–Trinajstić information content (AvgIpc) is 3.17. The highest BCUT2D eigenvalue weighted by molar-refractivity contribution is 14.0. The second-order valence-corrected chi connectivity index (χ2v) is 7.37. The van der Waals surface area contributed by atoms with E-state index in [2.05, 4.69) is 27.4 Å². The fourth-order valence-corrected chi connectivity index (χ4v) is 4.10. The molecule has 1 spiro atoms. The van der Waals surface area contributed by atoms with Gasteiger partial charge < -0.3 is 15.5 Å². The third-order valence-electron chi connectivity index (χ3n) is 4.56.